The molecule has 15 nitrogen and oxygen atoms in total. The molecule has 0 radical (unpaired) electrons. The van der Waals surface area contributed by atoms with Crippen molar-refractivity contribution in [3.8, 4) is 11.1 Å². The van der Waals surface area contributed by atoms with Gasteiger partial charge >= 0.3 is 12.2 Å². The quantitative estimate of drug-likeness (QED) is 0.0603. The van der Waals surface area contributed by atoms with Crippen molar-refractivity contribution in [1.82, 2.24) is 29.5 Å². The van der Waals surface area contributed by atoms with E-state index in [1.54, 1.807) is 18.5 Å². The van der Waals surface area contributed by atoms with Gasteiger partial charge in [-0.25, -0.2) is 24.6 Å². The lowest BCUT2D eigenvalue weighted by molar-refractivity contribution is -0.118. The largest absolute Gasteiger partial charge is 0.444 e. The first-order chi connectivity index (χ1) is 29.8. The van der Waals surface area contributed by atoms with Gasteiger partial charge in [-0.05, 0) is 76.2 Å². The fourth-order valence-electron chi connectivity index (χ4n) is 8.34. The molecule has 3 aliphatic rings. The van der Waals surface area contributed by atoms with Crippen LogP contribution in [0.4, 0.5) is 21.2 Å². The van der Waals surface area contributed by atoms with Gasteiger partial charge in [0.25, 0.3) is 0 Å². The Bertz CT molecular complexity index is 2190. The highest BCUT2D eigenvalue weighted by Crippen LogP contribution is 2.44. The number of rotatable bonds is 16. The molecule has 17 heteroatoms. The summed E-state index contributed by atoms with van der Waals surface area (Å²) in [4.78, 5) is 54.0. The zero-order chi connectivity index (χ0) is 45.1. The molecular weight excluding hydrogens is 833 g/mol. The molecule has 6 heterocycles. The number of pyridine rings is 1. The van der Waals surface area contributed by atoms with E-state index in [-0.39, 0.29) is 49.6 Å². The first kappa shape index (κ1) is 46.2. The average Bonchev–Trinajstić information content (AvgIpc) is 3.90. The molecule has 0 saturated carbocycles. The summed E-state index contributed by atoms with van der Waals surface area (Å²) in [6, 6.07) is 17.4. The molecule has 3 atom stereocenters. The Morgan fingerprint density at radius 1 is 0.857 bits per heavy atom. The Balaban J connectivity index is 1.20. The van der Waals surface area contributed by atoms with Crippen LogP contribution >= 0.6 is 0 Å². The Labute approximate surface area is 374 Å². The van der Waals surface area contributed by atoms with E-state index in [9.17, 15) is 14.4 Å². The molecule has 3 aromatic heterocycles. The molecule has 3 aliphatic heterocycles. The lowest BCUT2D eigenvalue weighted by atomic mass is 9.88. The van der Waals surface area contributed by atoms with Crippen LogP contribution in [0.5, 0.6) is 0 Å². The smallest absolute Gasteiger partial charge is 0.429 e. The number of benzene rings is 1. The number of piperidine rings is 1. The number of carbonyl (C=O) groups excluding carboxylic acids is 3. The molecule has 340 valence electrons. The highest BCUT2D eigenvalue weighted by molar-refractivity contribution is 6.76. The molecule has 0 aliphatic carbocycles. The SMILES string of the molecule is CC(C)(C)OC(=O)N1[C@@H]2CC[C@H]1C[C@H](c1cc(N(COCC[Si](C)(C)C)COCC[Si](C)(C)C)n3ncc(-c4ccc(N5C(=O)CCN5C(=O)OCc5ccccc5)nc4)c3n1)C2. The minimum absolute atomic E-state index is 0.0561. The van der Waals surface area contributed by atoms with Crippen LogP contribution in [0.15, 0.2) is 60.9 Å². The number of amides is 3. The zero-order valence-corrected chi connectivity index (χ0v) is 40.6. The standard InChI is InChI=1S/C46H66N8O7Si2/c1-46(2,3)61-45(57)52-36-16-17-37(52)26-35(25-36)39-27-41(50(31-58-21-23-62(4,5)6)32-59-22-24-63(7,8)9)53-43(49-39)38(29-48-53)34-15-18-40(47-28-34)54-42(55)19-20-51(54)44(56)60-30-33-13-11-10-12-14-33/h10-15,18,27-29,35-37H,16-17,19-26,30-32H2,1-9H3/t35-,36-,37+. The fourth-order valence-corrected chi connectivity index (χ4v) is 9.85. The molecule has 7 rings (SSSR count). The average molecular weight is 899 g/mol. The third-order valence-corrected chi connectivity index (χ3v) is 15.2. The molecule has 4 aromatic rings. The molecule has 0 unspecified atom stereocenters. The van der Waals surface area contributed by atoms with Crippen molar-refractivity contribution in [2.45, 2.75) is 134 Å². The number of hydrogen-bond donors (Lipinski definition) is 0. The monoisotopic (exact) mass is 898 g/mol. The molecular formula is C46H66N8O7Si2. The van der Waals surface area contributed by atoms with E-state index in [1.807, 2.05) is 66.6 Å². The Hall–Kier alpha value is -4.85. The number of anilines is 2. The normalized spacial score (nSPS) is 19.3. The van der Waals surface area contributed by atoms with Crippen molar-refractivity contribution in [3.05, 3.63) is 72.2 Å². The third kappa shape index (κ3) is 11.7. The van der Waals surface area contributed by atoms with Gasteiger partial charge in [0.2, 0.25) is 5.91 Å². The summed E-state index contributed by atoms with van der Waals surface area (Å²) in [6.07, 6.45) is 6.17. The summed E-state index contributed by atoms with van der Waals surface area (Å²) < 4.78 is 26.1. The van der Waals surface area contributed by atoms with Crippen molar-refractivity contribution in [1.29, 1.82) is 0 Å². The van der Waals surface area contributed by atoms with Gasteiger partial charge in [-0.15, -0.1) is 0 Å². The van der Waals surface area contributed by atoms with Gasteiger partial charge in [0.15, 0.2) is 11.5 Å². The summed E-state index contributed by atoms with van der Waals surface area (Å²) in [5, 5.41) is 7.52. The van der Waals surface area contributed by atoms with E-state index in [2.05, 4.69) is 50.2 Å². The van der Waals surface area contributed by atoms with E-state index in [4.69, 9.17) is 34.0 Å². The van der Waals surface area contributed by atoms with Crippen LogP contribution in [-0.4, -0.2) is 115 Å². The van der Waals surface area contributed by atoms with Gasteiger partial charge in [-0.3, -0.25) is 4.79 Å². The number of carbonyl (C=O) groups is 3. The lowest BCUT2D eigenvalue weighted by Gasteiger charge is -2.39. The first-order valence-corrected chi connectivity index (χ1v) is 29.8. The number of hydrazine groups is 1. The molecule has 3 fully saturated rings. The highest BCUT2D eigenvalue weighted by Gasteiger charge is 2.46. The van der Waals surface area contributed by atoms with Crippen LogP contribution in [0, 0.1) is 0 Å². The van der Waals surface area contributed by atoms with Crippen LogP contribution in [0.3, 0.4) is 0 Å². The van der Waals surface area contributed by atoms with Crippen molar-refractivity contribution < 1.29 is 33.3 Å². The van der Waals surface area contributed by atoms with E-state index in [0.29, 0.717) is 38.1 Å². The number of aromatic nitrogens is 4. The zero-order valence-electron chi connectivity index (χ0n) is 38.6. The molecule has 63 heavy (non-hydrogen) atoms. The molecule has 3 saturated heterocycles. The molecule has 1 aromatic carbocycles. The predicted molar refractivity (Wildman–Crippen MR) is 249 cm³/mol. The summed E-state index contributed by atoms with van der Waals surface area (Å²) in [5.41, 5.74) is 3.36. The van der Waals surface area contributed by atoms with Gasteiger partial charge in [0.05, 0.1) is 12.7 Å². The lowest BCUT2D eigenvalue weighted by Crippen LogP contribution is -2.48. The van der Waals surface area contributed by atoms with Gasteiger partial charge in [0.1, 0.15) is 31.5 Å². The maximum atomic E-state index is 13.4. The van der Waals surface area contributed by atoms with Gasteiger partial charge in [-0.2, -0.15) is 14.6 Å². The maximum Gasteiger partial charge on any atom is 0.429 e. The molecule has 0 N–H and O–H groups in total. The minimum Gasteiger partial charge on any atom is -0.444 e. The first-order valence-electron chi connectivity index (χ1n) is 22.4. The molecule has 3 amide bonds. The second-order valence-electron chi connectivity index (χ2n) is 20.5. The number of nitrogens with zero attached hydrogens (tertiary/aromatic N) is 8. The van der Waals surface area contributed by atoms with E-state index in [0.717, 1.165) is 66.0 Å². The Morgan fingerprint density at radius 2 is 1.51 bits per heavy atom. The van der Waals surface area contributed by atoms with Crippen molar-refractivity contribution in [2.24, 2.45) is 0 Å². The second kappa shape index (κ2) is 19.1. The summed E-state index contributed by atoms with van der Waals surface area (Å²) >= 11 is 0. The van der Waals surface area contributed by atoms with Crippen LogP contribution in [0.25, 0.3) is 16.8 Å². The Kier molecular flexibility index (Phi) is 14.0. The van der Waals surface area contributed by atoms with E-state index < -0.39 is 27.8 Å². The van der Waals surface area contributed by atoms with Crippen LogP contribution < -0.4 is 9.91 Å². The van der Waals surface area contributed by atoms with Gasteiger partial charge < -0.3 is 28.7 Å². The number of hydrogen-bond acceptors (Lipinski definition) is 11. The van der Waals surface area contributed by atoms with Crippen LogP contribution in [-0.2, 0) is 30.3 Å². The number of ether oxygens (including phenoxy) is 4. The summed E-state index contributed by atoms with van der Waals surface area (Å²) in [6.45, 7) is 22.0. The van der Waals surface area contributed by atoms with Crippen molar-refractivity contribution >= 4 is 51.5 Å². The van der Waals surface area contributed by atoms with Crippen molar-refractivity contribution in [3.63, 3.8) is 0 Å². The second-order valence-corrected chi connectivity index (χ2v) is 31.8. The van der Waals surface area contributed by atoms with Gasteiger partial charge in [-0.1, -0.05) is 69.6 Å². The molecule has 0 spiro atoms. The maximum absolute atomic E-state index is 13.4. The summed E-state index contributed by atoms with van der Waals surface area (Å²) in [5.74, 6) is 0.961. The van der Waals surface area contributed by atoms with E-state index >= 15 is 0 Å². The minimum atomic E-state index is -1.34. The van der Waals surface area contributed by atoms with Crippen LogP contribution in [0.2, 0.25) is 51.4 Å². The highest BCUT2D eigenvalue weighted by atomic mass is 28.3. The topological polar surface area (TPSA) is 144 Å². The number of fused-ring (bicyclic) bond motifs is 3. The molecule has 2 bridgehead atoms. The van der Waals surface area contributed by atoms with Crippen LogP contribution in [0.1, 0.15) is 70.1 Å². The summed E-state index contributed by atoms with van der Waals surface area (Å²) in [7, 11) is -2.67. The van der Waals surface area contributed by atoms with Crippen molar-refractivity contribution in [2.75, 3.05) is 43.1 Å². The van der Waals surface area contributed by atoms with Gasteiger partial charge in [0, 0.05) is 82.9 Å². The van der Waals surface area contributed by atoms with E-state index in [1.165, 1.54) is 10.0 Å². The predicted octanol–water partition coefficient (Wildman–Crippen LogP) is 9.16. The Morgan fingerprint density at radius 3 is 2.10 bits per heavy atom. The fraction of sp³-hybridized carbons (Fsp3) is 0.565. The third-order valence-electron chi connectivity index (χ3n) is 11.7.